The maximum Gasteiger partial charge on any atom is 0.302 e. The third kappa shape index (κ3) is 163. The highest BCUT2D eigenvalue weighted by molar-refractivity contribution is 5.65. The van der Waals surface area contributed by atoms with Crippen LogP contribution in [0.3, 0.4) is 0 Å². The predicted molar refractivity (Wildman–Crippen MR) is 231 cm³/mol. The van der Waals surface area contributed by atoms with Crippen LogP contribution in [0, 0.1) is 0 Å². The van der Waals surface area contributed by atoms with Crippen molar-refractivity contribution in [1.29, 1.82) is 0 Å². The van der Waals surface area contributed by atoms with Gasteiger partial charge in [0.15, 0.2) is 0 Å². The number of ether oxygens (including phenoxy) is 1. The van der Waals surface area contributed by atoms with Gasteiger partial charge in [-0.15, -0.1) is 0 Å². The van der Waals surface area contributed by atoms with Gasteiger partial charge in [0.2, 0.25) is 0 Å². The van der Waals surface area contributed by atoms with Crippen LogP contribution in [0.4, 0.5) is 0 Å². The Kier molecular flexibility index (Phi) is 125. The number of rotatable bonds is 22. The van der Waals surface area contributed by atoms with Crippen LogP contribution in [0.1, 0.15) is 291 Å². The topological polar surface area (TPSA) is 26.3 Å². The molecule has 0 aliphatic rings. The molecule has 0 rings (SSSR count). The molecule has 0 aromatic rings. The zero-order chi connectivity index (χ0) is 38.8. The molecule has 0 N–H and O–H groups in total. The van der Waals surface area contributed by atoms with Crippen LogP contribution in [0.2, 0.25) is 0 Å². The third-order valence-electron chi connectivity index (χ3n) is 7.05. The molecule has 0 amide bonds. The fourth-order valence-electron chi connectivity index (χ4n) is 3.70. The Morgan fingerprint density at radius 1 is 0.271 bits per heavy atom. The van der Waals surface area contributed by atoms with Crippen molar-refractivity contribution in [1.82, 2.24) is 0 Å². The molecular weight excluding hydrogens is 585 g/mol. The first-order valence-electron chi connectivity index (χ1n) is 22.3. The van der Waals surface area contributed by atoms with Crippen molar-refractivity contribution >= 4 is 5.97 Å². The third-order valence-corrected chi connectivity index (χ3v) is 7.05. The van der Waals surface area contributed by atoms with Crippen LogP contribution >= 0.6 is 0 Å². The number of unbranched alkanes of at least 4 members (excludes halogenated alkanes) is 21. The number of hydrogen-bond acceptors (Lipinski definition) is 2. The molecule has 48 heavy (non-hydrogen) atoms. The summed E-state index contributed by atoms with van der Waals surface area (Å²) in [5.41, 5.74) is 0. The van der Waals surface area contributed by atoms with E-state index in [9.17, 15) is 4.79 Å². The van der Waals surface area contributed by atoms with E-state index < -0.39 is 0 Å². The van der Waals surface area contributed by atoms with E-state index in [1.165, 1.54) is 187 Å². The first-order chi connectivity index (χ1) is 23.2. The maximum atomic E-state index is 9.82. The molecule has 302 valence electrons. The number of carbonyl (C=O) groups excluding carboxylic acids is 1. The van der Waals surface area contributed by atoms with Gasteiger partial charge in [-0.2, -0.15) is 0 Å². The Hall–Kier alpha value is -0.530. The Labute approximate surface area is 311 Å². The molecule has 0 unspecified atom stereocenters. The van der Waals surface area contributed by atoms with Gasteiger partial charge in [-0.1, -0.05) is 277 Å². The summed E-state index contributed by atoms with van der Waals surface area (Å²) in [6.45, 7) is 34.9. The van der Waals surface area contributed by atoms with E-state index >= 15 is 0 Å². The van der Waals surface area contributed by atoms with Crippen LogP contribution in [-0.4, -0.2) is 12.6 Å². The first kappa shape index (κ1) is 65.8. The van der Waals surface area contributed by atoms with Crippen molar-refractivity contribution in [2.45, 2.75) is 291 Å². The van der Waals surface area contributed by atoms with E-state index in [2.05, 4.69) is 102 Å². The standard InChI is InChI=1S/7C6H14.C4H8O2/c7*1-3-5-6-4-2;1-3-6-4(2)5/h7*3-6H2,1-2H3;3H2,1-2H3. The molecule has 0 fully saturated rings. The molecule has 0 saturated carbocycles. The van der Waals surface area contributed by atoms with Crippen LogP contribution in [0.25, 0.3) is 0 Å². The lowest BCUT2D eigenvalue weighted by Gasteiger charge is -1.89. The van der Waals surface area contributed by atoms with Crippen molar-refractivity contribution in [3.63, 3.8) is 0 Å². The van der Waals surface area contributed by atoms with Crippen LogP contribution in [0.5, 0.6) is 0 Å². The fraction of sp³-hybridized carbons (Fsp3) is 0.978. The quantitative estimate of drug-likeness (QED) is 0.0835. The van der Waals surface area contributed by atoms with E-state index in [4.69, 9.17) is 0 Å². The van der Waals surface area contributed by atoms with Gasteiger partial charge >= 0.3 is 5.97 Å². The highest BCUT2D eigenvalue weighted by Crippen LogP contribution is 1.98. The first-order valence-corrected chi connectivity index (χ1v) is 22.3. The van der Waals surface area contributed by atoms with Gasteiger partial charge in [0.05, 0.1) is 6.61 Å². The lowest BCUT2D eigenvalue weighted by atomic mass is 10.2. The number of carbonyl (C=O) groups is 1. The van der Waals surface area contributed by atoms with E-state index in [1.54, 1.807) is 6.92 Å². The Morgan fingerprint density at radius 2 is 0.375 bits per heavy atom. The van der Waals surface area contributed by atoms with Crippen molar-refractivity contribution in [2.24, 2.45) is 0 Å². The summed E-state index contributed by atoms with van der Waals surface area (Å²) in [6.07, 6.45) is 38.8. The molecule has 0 aromatic heterocycles. The summed E-state index contributed by atoms with van der Waals surface area (Å²) in [7, 11) is 0. The zero-order valence-electron chi connectivity index (χ0n) is 37.8. The van der Waals surface area contributed by atoms with Crippen molar-refractivity contribution in [2.75, 3.05) is 6.61 Å². The molecule has 0 spiro atoms. The fourth-order valence-corrected chi connectivity index (χ4v) is 3.70. The van der Waals surface area contributed by atoms with Gasteiger partial charge in [-0.3, -0.25) is 4.79 Å². The van der Waals surface area contributed by atoms with E-state index in [0.29, 0.717) is 6.61 Å². The molecule has 0 bridgehead atoms. The Balaban J connectivity index is -0.0000000635. The van der Waals surface area contributed by atoms with Gasteiger partial charge in [0.25, 0.3) is 0 Å². The van der Waals surface area contributed by atoms with Gasteiger partial charge < -0.3 is 4.74 Å². The smallest absolute Gasteiger partial charge is 0.302 e. The monoisotopic (exact) mass is 691 g/mol. The summed E-state index contributed by atoms with van der Waals surface area (Å²) in [5.74, 6) is -0.211. The molecule has 0 atom stereocenters. The average molecular weight is 691 g/mol. The molecule has 0 aliphatic carbocycles. The second-order valence-electron chi connectivity index (χ2n) is 12.9. The van der Waals surface area contributed by atoms with Gasteiger partial charge in [-0.25, -0.2) is 0 Å². The molecule has 2 nitrogen and oxygen atoms in total. The van der Waals surface area contributed by atoms with Crippen LogP contribution in [0.15, 0.2) is 0 Å². The molecule has 0 aromatic carbocycles. The minimum atomic E-state index is -0.211. The summed E-state index contributed by atoms with van der Waals surface area (Å²) in [6, 6.07) is 0. The largest absolute Gasteiger partial charge is 0.466 e. The lowest BCUT2D eigenvalue weighted by Crippen LogP contribution is -1.95. The van der Waals surface area contributed by atoms with Crippen molar-refractivity contribution in [3.8, 4) is 0 Å². The Bertz CT molecular complexity index is 274. The molecule has 0 aliphatic heterocycles. The summed E-state index contributed by atoms with van der Waals surface area (Å²) in [4.78, 5) is 9.82. The summed E-state index contributed by atoms with van der Waals surface area (Å²) in [5, 5.41) is 0. The van der Waals surface area contributed by atoms with Crippen molar-refractivity contribution < 1.29 is 9.53 Å². The summed E-state index contributed by atoms with van der Waals surface area (Å²) >= 11 is 0. The highest BCUT2D eigenvalue weighted by Gasteiger charge is 1.82. The van der Waals surface area contributed by atoms with Gasteiger partial charge in [-0.05, 0) is 6.92 Å². The van der Waals surface area contributed by atoms with Gasteiger partial charge in [0, 0.05) is 6.92 Å². The average Bonchev–Trinajstić information content (AvgIpc) is 3.10. The normalized spacial score (nSPS) is 8.83. The number of hydrogen-bond donors (Lipinski definition) is 0. The van der Waals surface area contributed by atoms with E-state index in [0.717, 1.165) is 0 Å². The molecule has 0 heterocycles. The molecular formula is C46H106O2. The minimum Gasteiger partial charge on any atom is -0.466 e. The van der Waals surface area contributed by atoms with Crippen LogP contribution in [-0.2, 0) is 9.53 Å². The zero-order valence-corrected chi connectivity index (χ0v) is 37.8. The molecule has 2 heteroatoms. The summed E-state index contributed by atoms with van der Waals surface area (Å²) < 4.78 is 4.40. The highest BCUT2D eigenvalue weighted by atomic mass is 16.5. The van der Waals surface area contributed by atoms with E-state index in [1.807, 2.05) is 0 Å². The second kappa shape index (κ2) is 91.1. The minimum absolute atomic E-state index is 0.211. The van der Waals surface area contributed by atoms with Crippen LogP contribution < -0.4 is 0 Å². The molecule has 0 radical (unpaired) electrons. The van der Waals surface area contributed by atoms with Gasteiger partial charge in [0.1, 0.15) is 0 Å². The Morgan fingerprint density at radius 3 is 0.396 bits per heavy atom. The lowest BCUT2D eigenvalue weighted by molar-refractivity contribution is -0.140. The maximum absolute atomic E-state index is 9.82. The number of esters is 1. The SMILES string of the molecule is CCCCCC.CCCCCC.CCCCCC.CCCCCC.CCCCCC.CCCCCC.CCCCCC.CCOC(C)=O. The predicted octanol–water partition coefficient (Wildman–Crippen LogP) is 18.7. The second-order valence-corrected chi connectivity index (χ2v) is 12.9. The van der Waals surface area contributed by atoms with E-state index in [-0.39, 0.29) is 5.97 Å². The van der Waals surface area contributed by atoms with Crippen molar-refractivity contribution in [3.05, 3.63) is 0 Å². The molecule has 0 saturated heterocycles.